The van der Waals surface area contributed by atoms with Crippen LogP contribution in [0.2, 0.25) is 5.02 Å². The van der Waals surface area contributed by atoms with Gasteiger partial charge in [-0.3, -0.25) is 4.68 Å². The molecule has 84 valence electrons. The molecule has 1 aliphatic carbocycles. The smallest absolute Gasteiger partial charge is 0.0844 e. The highest BCUT2D eigenvalue weighted by atomic mass is 35.5. The Morgan fingerprint density at radius 3 is 2.33 bits per heavy atom. The lowest BCUT2D eigenvalue weighted by Crippen LogP contribution is -2.28. The van der Waals surface area contributed by atoms with Gasteiger partial charge in [0.15, 0.2) is 0 Å². The van der Waals surface area contributed by atoms with E-state index in [-0.39, 0.29) is 0 Å². The molecule has 0 saturated heterocycles. The number of nitrogens with zero attached hydrogens (tertiary/aromatic N) is 2. The zero-order valence-corrected chi connectivity index (χ0v) is 10.1. The second-order valence-corrected chi connectivity index (χ2v) is 4.88. The van der Waals surface area contributed by atoms with Crippen molar-refractivity contribution in [1.29, 1.82) is 0 Å². The Hall–Kier alpha value is -0.540. The van der Waals surface area contributed by atoms with Crippen LogP contribution in [0, 0.1) is 13.8 Å². The first kappa shape index (κ1) is 11.0. The molecule has 4 heteroatoms. The van der Waals surface area contributed by atoms with Crippen molar-refractivity contribution in [2.45, 2.75) is 51.6 Å². The Balaban J connectivity index is 2.19. The zero-order chi connectivity index (χ0) is 11.0. The lowest BCUT2D eigenvalue weighted by molar-refractivity contribution is 0.300. The molecule has 1 aromatic heterocycles. The van der Waals surface area contributed by atoms with Gasteiger partial charge in [0.25, 0.3) is 0 Å². The molecule has 0 bridgehead atoms. The van der Waals surface area contributed by atoms with E-state index < -0.39 is 0 Å². The fraction of sp³-hybridized carbons (Fsp3) is 0.727. The Labute approximate surface area is 95.6 Å². The van der Waals surface area contributed by atoms with Gasteiger partial charge in [0.05, 0.1) is 22.5 Å². The minimum Gasteiger partial charge on any atom is -0.328 e. The second kappa shape index (κ2) is 4.14. The monoisotopic (exact) mass is 227 g/mol. The topological polar surface area (TPSA) is 43.8 Å². The summed E-state index contributed by atoms with van der Waals surface area (Å²) >= 11 is 6.14. The van der Waals surface area contributed by atoms with Gasteiger partial charge in [-0.05, 0) is 39.5 Å². The molecule has 1 aliphatic rings. The molecule has 0 atom stereocenters. The average molecular weight is 228 g/mol. The fourth-order valence-corrected chi connectivity index (χ4v) is 2.47. The standard InChI is InChI=1S/C11H18ClN3/c1-7-11(12)8(2)15(14-7)10-5-3-9(13)4-6-10/h9-10H,3-6,13H2,1-2H3. The van der Waals surface area contributed by atoms with Crippen molar-refractivity contribution in [2.24, 2.45) is 5.73 Å². The predicted octanol–water partition coefficient (Wildman–Crippen LogP) is 2.60. The van der Waals surface area contributed by atoms with Gasteiger partial charge in [-0.1, -0.05) is 11.6 Å². The fourth-order valence-electron chi connectivity index (χ4n) is 2.34. The van der Waals surface area contributed by atoms with Crippen LogP contribution in [0.1, 0.15) is 43.1 Å². The first-order valence-corrected chi connectivity index (χ1v) is 5.94. The third-order valence-electron chi connectivity index (χ3n) is 3.32. The van der Waals surface area contributed by atoms with Gasteiger partial charge in [0, 0.05) is 6.04 Å². The molecule has 0 aliphatic heterocycles. The summed E-state index contributed by atoms with van der Waals surface area (Å²) < 4.78 is 2.09. The van der Waals surface area contributed by atoms with E-state index in [1.165, 1.54) is 0 Å². The predicted molar refractivity (Wildman–Crippen MR) is 62.2 cm³/mol. The van der Waals surface area contributed by atoms with Gasteiger partial charge in [0.2, 0.25) is 0 Å². The number of aromatic nitrogens is 2. The van der Waals surface area contributed by atoms with Crippen LogP contribution in [0.4, 0.5) is 0 Å². The lowest BCUT2D eigenvalue weighted by atomic mass is 9.92. The highest BCUT2D eigenvalue weighted by molar-refractivity contribution is 6.31. The number of hydrogen-bond acceptors (Lipinski definition) is 2. The van der Waals surface area contributed by atoms with E-state index in [9.17, 15) is 0 Å². The molecule has 15 heavy (non-hydrogen) atoms. The maximum Gasteiger partial charge on any atom is 0.0844 e. The molecular formula is C11H18ClN3. The largest absolute Gasteiger partial charge is 0.328 e. The molecule has 3 nitrogen and oxygen atoms in total. The number of hydrogen-bond donors (Lipinski definition) is 1. The molecule has 2 N–H and O–H groups in total. The molecule has 0 radical (unpaired) electrons. The minimum atomic E-state index is 0.383. The Morgan fingerprint density at radius 2 is 1.87 bits per heavy atom. The summed E-state index contributed by atoms with van der Waals surface area (Å²) in [6.07, 6.45) is 4.44. The van der Waals surface area contributed by atoms with Gasteiger partial charge < -0.3 is 5.73 Å². The number of nitrogens with two attached hydrogens (primary N) is 1. The lowest BCUT2D eigenvalue weighted by Gasteiger charge is -2.27. The van der Waals surface area contributed by atoms with Crippen LogP contribution in [0.3, 0.4) is 0 Å². The molecule has 2 rings (SSSR count). The number of rotatable bonds is 1. The Bertz CT molecular complexity index is 351. The summed E-state index contributed by atoms with van der Waals surface area (Å²) in [5.74, 6) is 0. The molecule has 0 unspecified atom stereocenters. The van der Waals surface area contributed by atoms with Gasteiger partial charge in [-0.2, -0.15) is 5.10 Å². The van der Waals surface area contributed by atoms with E-state index in [1.54, 1.807) is 0 Å². The maximum atomic E-state index is 6.14. The summed E-state index contributed by atoms with van der Waals surface area (Å²) in [5, 5.41) is 5.31. The first-order valence-electron chi connectivity index (χ1n) is 5.56. The van der Waals surface area contributed by atoms with Crippen molar-refractivity contribution in [2.75, 3.05) is 0 Å². The van der Waals surface area contributed by atoms with Crippen molar-refractivity contribution in [1.82, 2.24) is 9.78 Å². The molecule has 1 fully saturated rings. The van der Waals surface area contributed by atoms with Crippen LogP contribution in [0.15, 0.2) is 0 Å². The third-order valence-corrected chi connectivity index (χ3v) is 3.87. The first-order chi connectivity index (χ1) is 7.09. The van der Waals surface area contributed by atoms with Crippen LogP contribution in [-0.4, -0.2) is 15.8 Å². The summed E-state index contributed by atoms with van der Waals surface area (Å²) in [6.45, 7) is 4.00. The highest BCUT2D eigenvalue weighted by Gasteiger charge is 2.23. The zero-order valence-electron chi connectivity index (χ0n) is 9.33. The number of halogens is 1. The minimum absolute atomic E-state index is 0.383. The van der Waals surface area contributed by atoms with Crippen LogP contribution >= 0.6 is 11.6 Å². The highest BCUT2D eigenvalue weighted by Crippen LogP contribution is 2.31. The summed E-state index contributed by atoms with van der Waals surface area (Å²) in [6, 6.07) is 0.879. The van der Waals surface area contributed by atoms with E-state index in [4.69, 9.17) is 17.3 Å². The van der Waals surface area contributed by atoms with E-state index in [1.807, 2.05) is 13.8 Å². The van der Waals surface area contributed by atoms with Crippen molar-refractivity contribution >= 4 is 11.6 Å². The summed E-state index contributed by atoms with van der Waals surface area (Å²) in [7, 11) is 0. The van der Waals surface area contributed by atoms with Crippen LogP contribution < -0.4 is 5.73 Å². The van der Waals surface area contributed by atoms with Gasteiger partial charge in [0.1, 0.15) is 0 Å². The molecule has 1 saturated carbocycles. The third kappa shape index (κ3) is 2.04. The van der Waals surface area contributed by atoms with Crippen molar-refractivity contribution in [3.63, 3.8) is 0 Å². The van der Waals surface area contributed by atoms with Crippen LogP contribution in [0.5, 0.6) is 0 Å². The number of aryl methyl sites for hydroxylation is 1. The molecule has 1 aromatic rings. The van der Waals surface area contributed by atoms with Gasteiger partial charge in [-0.15, -0.1) is 0 Å². The second-order valence-electron chi connectivity index (χ2n) is 4.50. The Morgan fingerprint density at radius 1 is 1.27 bits per heavy atom. The van der Waals surface area contributed by atoms with Gasteiger partial charge in [-0.25, -0.2) is 0 Å². The molecule has 0 spiro atoms. The van der Waals surface area contributed by atoms with Crippen molar-refractivity contribution in [3.8, 4) is 0 Å². The molecule has 0 aromatic carbocycles. The van der Waals surface area contributed by atoms with E-state index in [0.29, 0.717) is 12.1 Å². The molecular weight excluding hydrogens is 210 g/mol. The van der Waals surface area contributed by atoms with E-state index in [0.717, 1.165) is 42.1 Å². The average Bonchev–Trinajstić information content (AvgIpc) is 2.47. The SMILES string of the molecule is Cc1nn(C2CCC(N)CC2)c(C)c1Cl. The van der Waals surface area contributed by atoms with E-state index >= 15 is 0 Å². The summed E-state index contributed by atoms with van der Waals surface area (Å²) in [4.78, 5) is 0. The maximum absolute atomic E-state index is 6.14. The molecule has 0 amide bonds. The summed E-state index contributed by atoms with van der Waals surface area (Å²) in [5.41, 5.74) is 7.92. The quantitative estimate of drug-likeness (QED) is 0.802. The van der Waals surface area contributed by atoms with Crippen molar-refractivity contribution in [3.05, 3.63) is 16.4 Å². The Kier molecular flexibility index (Phi) is 3.03. The van der Waals surface area contributed by atoms with E-state index in [2.05, 4.69) is 9.78 Å². The van der Waals surface area contributed by atoms with Crippen LogP contribution in [-0.2, 0) is 0 Å². The van der Waals surface area contributed by atoms with Crippen molar-refractivity contribution < 1.29 is 0 Å². The van der Waals surface area contributed by atoms with Gasteiger partial charge >= 0.3 is 0 Å². The normalized spacial score (nSPS) is 26.9. The van der Waals surface area contributed by atoms with Crippen LogP contribution in [0.25, 0.3) is 0 Å². The molecule has 1 heterocycles.